The van der Waals surface area contributed by atoms with Gasteiger partial charge in [0.15, 0.2) is 0 Å². The first-order valence-electron chi connectivity index (χ1n) is 4.44. The van der Waals surface area contributed by atoms with Crippen molar-refractivity contribution in [3.8, 4) is 0 Å². The van der Waals surface area contributed by atoms with E-state index in [9.17, 15) is 0 Å². The Hall–Kier alpha value is -1.56. The fourth-order valence-electron chi connectivity index (χ4n) is 1.11. The molecular formula is C9H11N5S. The van der Waals surface area contributed by atoms with Gasteiger partial charge < -0.3 is 4.90 Å². The van der Waals surface area contributed by atoms with Gasteiger partial charge in [0.05, 0.1) is 0 Å². The summed E-state index contributed by atoms with van der Waals surface area (Å²) in [5.41, 5.74) is 1.17. The average Bonchev–Trinajstić information content (AvgIpc) is 2.71. The van der Waals surface area contributed by atoms with E-state index in [2.05, 4.69) is 37.7 Å². The number of anilines is 1. The Morgan fingerprint density at radius 1 is 1.20 bits per heavy atom. The number of hydrogen-bond acceptors (Lipinski definition) is 5. The Kier molecular flexibility index (Phi) is 2.86. The average molecular weight is 221 g/mol. The minimum Gasteiger partial charge on any atom is -0.378 e. The van der Waals surface area contributed by atoms with Gasteiger partial charge in [-0.3, -0.25) is 0 Å². The van der Waals surface area contributed by atoms with Crippen LogP contribution in [0.2, 0.25) is 0 Å². The molecule has 0 unspecified atom stereocenters. The van der Waals surface area contributed by atoms with Gasteiger partial charge in [-0.2, -0.15) is 5.21 Å². The third-order valence-corrected chi connectivity index (χ3v) is 2.75. The second-order valence-electron chi connectivity index (χ2n) is 3.18. The van der Waals surface area contributed by atoms with Crippen molar-refractivity contribution in [1.82, 2.24) is 20.6 Å². The number of aromatic amines is 1. The lowest BCUT2D eigenvalue weighted by Gasteiger charge is -2.11. The molecule has 78 valence electrons. The zero-order valence-electron chi connectivity index (χ0n) is 8.51. The number of hydrogen-bond donors (Lipinski definition) is 1. The largest absolute Gasteiger partial charge is 0.378 e. The zero-order chi connectivity index (χ0) is 10.7. The third kappa shape index (κ3) is 2.47. The number of aromatic nitrogens is 4. The molecule has 1 aromatic heterocycles. The number of nitrogens with one attached hydrogen (secondary N) is 1. The number of nitrogens with zero attached hydrogens (tertiary/aromatic N) is 4. The summed E-state index contributed by atoms with van der Waals surface area (Å²) < 4.78 is 0. The first-order valence-corrected chi connectivity index (χ1v) is 5.26. The third-order valence-electron chi connectivity index (χ3n) is 1.89. The van der Waals surface area contributed by atoms with Crippen LogP contribution in [-0.2, 0) is 0 Å². The minimum atomic E-state index is 0.632. The fourth-order valence-corrected chi connectivity index (χ4v) is 1.76. The van der Waals surface area contributed by atoms with E-state index in [1.807, 2.05) is 26.2 Å². The van der Waals surface area contributed by atoms with E-state index in [1.54, 1.807) is 0 Å². The molecule has 0 aliphatic heterocycles. The Bertz CT molecular complexity index is 409. The standard InChI is InChI=1S/C9H11N5S/c1-14(2)7-3-5-8(6-4-7)15-9-10-12-13-11-9/h3-6H,1-2H3,(H,10,11,12,13). The van der Waals surface area contributed by atoms with Crippen LogP contribution < -0.4 is 4.90 Å². The van der Waals surface area contributed by atoms with Gasteiger partial charge in [0.25, 0.3) is 0 Å². The topological polar surface area (TPSA) is 57.7 Å². The maximum absolute atomic E-state index is 3.87. The van der Waals surface area contributed by atoms with E-state index in [4.69, 9.17) is 0 Å². The van der Waals surface area contributed by atoms with Crippen LogP contribution in [0.5, 0.6) is 0 Å². The summed E-state index contributed by atoms with van der Waals surface area (Å²) in [7, 11) is 4.03. The number of benzene rings is 1. The predicted molar refractivity (Wildman–Crippen MR) is 59.1 cm³/mol. The van der Waals surface area contributed by atoms with E-state index in [-0.39, 0.29) is 0 Å². The molecule has 2 rings (SSSR count). The molecule has 0 saturated heterocycles. The molecule has 0 saturated carbocycles. The molecule has 0 spiro atoms. The first kappa shape index (κ1) is 9.97. The van der Waals surface area contributed by atoms with Crippen molar-refractivity contribution in [3.05, 3.63) is 24.3 Å². The van der Waals surface area contributed by atoms with Crippen LogP contribution in [0, 0.1) is 0 Å². The highest BCUT2D eigenvalue weighted by atomic mass is 32.2. The van der Waals surface area contributed by atoms with Crippen LogP contribution >= 0.6 is 11.8 Å². The molecule has 2 aromatic rings. The maximum Gasteiger partial charge on any atom is 0.235 e. The quantitative estimate of drug-likeness (QED) is 0.849. The van der Waals surface area contributed by atoms with Gasteiger partial charge in [0.2, 0.25) is 5.16 Å². The first-order chi connectivity index (χ1) is 7.25. The Balaban J connectivity index is 2.11. The second-order valence-corrected chi connectivity index (χ2v) is 4.23. The lowest BCUT2D eigenvalue weighted by atomic mass is 10.3. The maximum atomic E-state index is 3.87. The van der Waals surface area contributed by atoms with Gasteiger partial charge in [-0.25, -0.2) is 0 Å². The lowest BCUT2D eigenvalue weighted by molar-refractivity contribution is 0.881. The van der Waals surface area contributed by atoms with E-state index in [0.717, 1.165) is 4.90 Å². The Morgan fingerprint density at radius 2 is 1.93 bits per heavy atom. The lowest BCUT2D eigenvalue weighted by Crippen LogP contribution is -2.07. The van der Waals surface area contributed by atoms with Crippen LogP contribution in [0.3, 0.4) is 0 Å². The summed E-state index contributed by atoms with van der Waals surface area (Å²) >= 11 is 1.48. The van der Waals surface area contributed by atoms with Gasteiger partial charge in [-0.15, -0.1) is 10.2 Å². The number of H-pyrrole nitrogens is 1. The highest BCUT2D eigenvalue weighted by Crippen LogP contribution is 2.25. The van der Waals surface area contributed by atoms with Crippen LogP contribution in [0.15, 0.2) is 34.3 Å². The van der Waals surface area contributed by atoms with Gasteiger partial charge in [0.1, 0.15) is 0 Å². The predicted octanol–water partition coefficient (Wildman–Crippen LogP) is 1.42. The van der Waals surface area contributed by atoms with E-state index in [0.29, 0.717) is 5.16 Å². The summed E-state index contributed by atoms with van der Waals surface area (Å²) in [5.74, 6) is 0. The van der Waals surface area contributed by atoms with Crippen molar-refractivity contribution >= 4 is 17.4 Å². The van der Waals surface area contributed by atoms with Crippen molar-refractivity contribution in [2.24, 2.45) is 0 Å². The highest BCUT2D eigenvalue weighted by Gasteiger charge is 2.01. The summed E-state index contributed by atoms with van der Waals surface area (Å²) in [6.07, 6.45) is 0. The molecule has 1 heterocycles. The molecule has 0 aliphatic rings. The van der Waals surface area contributed by atoms with Gasteiger partial charge >= 0.3 is 0 Å². The van der Waals surface area contributed by atoms with Crippen molar-refractivity contribution in [2.75, 3.05) is 19.0 Å². The number of tetrazole rings is 1. The summed E-state index contributed by atoms with van der Waals surface area (Å²) in [6.45, 7) is 0. The summed E-state index contributed by atoms with van der Waals surface area (Å²) in [6, 6.07) is 8.19. The van der Waals surface area contributed by atoms with E-state index >= 15 is 0 Å². The normalized spacial score (nSPS) is 10.3. The van der Waals surface area contributed by atoms with Gasteiger partial charge in [0, 0.05) is 24.7 Å². The van der Waals surface area contributed by atoms with Crippen LogP contribution in [0.4, 0.5) is 5.69 Å². The number of rotatable bonds is 3. The molecule has 6 heteroatoms. The smallest absolute Gasteiger partial charge is 0.235 e. The molecule has 0 atom stereocenters. The molecule has 0 bridgehead atoms. The minimum absolute atomic E-state index is 0.632. The second kappa shape index (κ2) is 4.31. The monoisotopic (exact) mass is 221 g/mol. The molecule has 1 N–H and O–H groups in total. The van der Waals surface area contributed by atoms with Crippen molar-refractivity contribution in [2.45, 2.75) is 10.1 Å². The molecule has 5 nitrogen and oxygen atoms in total. The van der Waals surface area contributed by atoms with Crippen LogP contribution in [0.1, 0.15) is 0 Å². The molecular weight excluding hydrogens is 210 g/mol. The van der Waals surface area contributed by atoms with Crippen molar-refractivity contribution < 1.29 is 0 Å². The van der Waals surface area contributed by atoms with Gasteiger partial charge in [-0.1, -0.05) is 0 Å². The zero-order valence-corrected chi connectivity index (χ0v) is 9.32. The summed E-state index contributed by atoms with van der Waals surface area (Å²) in [5, 5.41) is 14.3. The molecule has 0 fully saturated rings. The van der Waals surface area contributed by atoms with Crippen LogP contribution in [-0.4, -0.2) is 34.7 Å². The van der Waals surface area contributed by atoms with Gasteiger partial charge in [-0.05, 0) is 41.2 Å². The Labute approximate surface area is 91.9 Å². The molecule has 0 amide bonds. The molecule has 0 radical (unpaired) electrons. The summed E-state index contributed by atoms with van der Waals surface area (Å²) in [4.78, 5) is 3.16. The van der Waals surface area contributed by atoms with E-state index in [1.165, 1.54) is 17.4 Å². The highest BCUT2D eigenvalue weighted by molar-refractivity contribution is 7.99. The van der Waals surface area contributed by atoms with Crippen molar-refractivity contribution in [1.29, 1.82) is 0 Å². The SMILES string of the molecule is CN(C)c1ccc(Sc2nn[nH]n2)cc1. The molecule has 1 aromatic carbocycles. The van der Waals surface area contributed by atoms with E-state index < -0.39 is 0 Å². The van der Waals surface area contributed by atoms with Crippen molar-refractivity contribution in [3.63, 3.8) is 0 Å². The fraction of sp³-hybridized carbons (Fsp3) is 0.222. The Morgan fingerprint density at radius 3 is 2.47 bits per heavy atom. The van der Waals surface area contributed by atoms with Crippen LogP contribution in [0.25, 0.3) is 0 Å². The molecule has 15 heavy (non-hydrogen) atoms. The molecule has 0 aliphatic carbocycles.